The molecule has 0 spiro atoms. The molecule has 1 fully saturated rings. The summed E-state index contributed by atoms with van der Waals surface area (Å²) in [6.45, 7) is 4.95. The van der Waals surface area contributed by atoms with Crippen LogP contribution in [0.15, 0.2) is 0 Å². The topological polar surface area (TPSA) is 49.4 Å². The van der Waals surface area contributed by atoms with E-state index in [9.17, 15) is 22.2 Å². The molecule has 21 heavy (non-hydrogen) atoms. The Morgan fingerprint density at radius 3 is 2.48 bits per heavy atom. The lowest BCUT2D eigenvalue weighted by atomic mass is 9.73. The zero-order chi connectivity index (χ0) is 16.4. The number of nitrogens with zero attached hydrogens (tertiary/aromatic N) is 1. The van der Waals surface area contributed by atoms with Crippen LogP contribution in [0.3, 0.4) is 0 Å². The second-order valence-corrected chi connectivity index (χ2v) is 7.86. The van der Waals surface area contributed by atoms with Gasteiger partial charge in [-0.2, -0.15) is 13.2 Å². The van der Waals surface area contributed by atoms with E-state index in [0.29, 0.717) is 5.75 Å². The van der Waals surface area contributed by atoms with Crippen LogP contribution >= 0.6 is 0 Å². The molecule has 0 aliphatic carbocycles. The van der Waals surface area contributed by atoms with E-state index >= 15 is 0 Å². The van der Waals surface area contributed by atoms with Crippen molar-refractivity contribution in [1.82, 2.24) is 10.2 Å². The van der Waals surface area contributed by atoms with Crippen molar-refractivity contribution in [3.05, 3.63) is 0 Å². The molecule has 3 atom stereocenters. The molecule has 4 nitrogen and oxygen atoms in total. The van der Waals surface area contributed by atoms with Gasteiger partial charge in [-0.3, -0.25) is 4.21 Å². The molecule has 1 N–H and O–H groups in total. The van der Waals surface area contributed by atoms with Gasteiger partial charge in [0, 0.05) is 41.9 Å². The first-order valence-electron chi connectivity index (χ1n) is 6.85. The lowest BCUT2D eigenvalue weighted by Crippen LogP contribution is -2.55. The van der Waals surface area contributed by atoms with Gasteiger partial charge in [-0.05, 0) is 18.8 Å². The van der Waals surface area contributed by atoms with E-state index in [1.807, 2.05) is 0 Å². The third-order valence-corrected chi connectivity index (χ3v) is 4.74. The summed E-state index contributed by atoms with van der Waals surface area (Å²) in [6.07, 6.45) is -2.78. The molecule has 0 aromatic carbocycles. The van der Waals surface area contributed by atoms with Crippen molar-refractivity contribution in [3.8, 4) is 0 Å². The molecule has 0 saturated carbocycles. The summed E-state index contributed by atoms with van der Waals surface area (Å²) in [6, 6.07) is -0.659. The third kappa shape index (κ3) is 5.16. The number of nitrogens with one attached hydrogen (secondary N) is 1. The van der Waals surface area contributed by atoms with Gasteiger partial charge in [0.2, 0.25) is 0 Å². The number of alkyl halides is 3. The normalized spacial score (nSPS) is 25.3. The first kappa shape index (κ1) is 18.3. The minimum atomic E-state index is -4.24. The highest BCUT2D eigenvalue weighted by atomic mass is 32.2. The van der Waals surface area contributed by atoms with E-state index in [2.05, 4.69) is 5.32 Å². The fraction of sp³-hybridized carbons (Fsp3) is 0.923. The first-order chi connectivity index (χ1) is 9.43. The summed E-state index contributed by atoms with van der Waals surface area (Å²) >= 11 is 0. The Hall–Kier alpha value is -0.790. The number of hydrogen-bond donors (Lipinski definition) is 1. The van der Waals surface area contributed by atoms with Gasteiger partial charge in [0.15, 0.2) is 0 Å². The molecule has 0 aromatic heterocycles. The van der Waals surface area contributed by atoms with Gasteiger partial charge in [-0.25, -0.2) is 4.79 Å². The van der Waals surface area contributed by atoms with E-state index in [1.54, 1.807) is 13.2 Å². The molecule has 0 bridgehead atoms. The number of urea groups is 1. The zero-order valence-corrected chi connectivity index (χ0v) is 13.6. The van der Waals surface area contributed by atoms with Crippen LogP contribution in [0.5, 0.6) is 0 Å². The van der Waals surface area contributed by atoms with Crippen LogP contribution in [0.4, 0.5) is 18.0 Å². The first-order valence-corrected chi connectivity index (χ1v) is 8.58. The number of amides is 2. The number of likely N-dealkylation sites (tertiary alicyclic amines) is 1. The monoisotopic (exact) mass is 328 g/mol. The Morgan fingerprint density at radius 1 is 1.48 bits per heavy atom. The van der Waals surface area contributed by atoms with Crippen LogP contribution in [0, 0.1) is 11.3 Å². The largest absolute Gasteiger partial charge is 0.392 e. The lowest BCUT2D eigenvalue weighted by Gasteiger charge is -2.44. The van der Waals surface area contributed by atoms with Crippen molar-refractivity contribution in [3.63, 3.8) is 0 Å². The number of carbonyl (C=O) groups is 1. The lowest BCUT2D eigenvalue weighted by molar-refractivity contribution is -0.214. The molecule has 2 amide bonds. The molecule has 1 heterocycles. The van der Waals surface area contributed by atoms with Gasteiger partial charge < -0.3 is 10.2 Å². The minimum absolute atomic E-state index is 0.0605. The molecule has 1 rings (SSSR count). The summed E-state index contributed by atoms with van der Waals surface area (Å²) in [4.78, 5) is 13.5. The Balaban J connectivity index is 2.64. The van der Waals surface area contributed by atoms with Crippen LogP contribution in [0.1, 0.15) is 27.2 Å². The average molecular weight is 328 g/mol. The molecule has 1 saturated heterocycles. The van der Waals surface area contributed by atoms with E-state index in [1.165, 1.54) is 18.7 Å². The van der Waals surface area contributed by atoms with Gasteiger partial charge in [0.1, 0.15) is 0 Å². The van der Waals surface area contributed by atoms with Crippen LogP contribution in [0.25, 0.3) is 0 Å². The molecule has 0 aromatic rings. The maximum Gasteiger partial charge on any atom is 0.392 e. The quantitative estimate of drug-likeness (QED) is 0.865. The van der Waals surface area contributed by atoms with E-state index in [4.69, 9.17) is 0 Å². The van der Waals surface area contributed by atoms with Crippen molar-refractivity contribution in [2.75, 3.05) is 25.1 Å². The highest BCUT2D eigenvalue weighted by molar-refractivity contribution is 7.84. The van der Waals surface area contributed by atoms with Crippen molar-refractivity contribution in [2.45, 2.75) is 39.4 Å². The number of carbonyl (C=O) groups excluding carboxylic acids is 1. The molecule has 0 unspecified atom stereocenters. The molecular formula is C13H23F3N2O2S. The van der Waals surface area contributed by atoms with E-state index < -0.39 is 28.3 Å². The maximum atomic E-state index is 13.0. The number of halogens is 3. The van der Waals surface area contributed by atoms with Crippen molar-refractivity contribution >= 4 is 16.8 Å². The smallest absolute Gasteiger partial charge is 0.335 e. The van der Waals surface area contributed by atoms with Gasteiger partial charge in [-0.1, -0.05) is 13.8 Å². The second kappa shape index (κ2) is 6.54. The number of hydrogen-bond acceptors (Lipinski definition) is 2. The van der Waals surface area contributed by atoms with Crippen LogP contribution in [-0.2, 0) is 10.8 Å². The van der Waals surface area contributed by atoms with E-state index in [0.717, 1.165) is 0 Å². The predicted molar refractivity (Wildman–Crippen MR) is 76.4 cm³/mol. The molecule has 124 valence electrons. The molecular weight excluding hydrogens is 305 g/mol. The van der Waals surface area contributed by atoms with Crippen molar-refractivity contribution in [2.24, 2.45) is 11.3 Å². The van der Waals surface area contributed by atoms with Gasteiger partial charge >= 0.3 is 12.2 Å². The van der Waals surface area contributed by atoms with Gasteiger partial charge in [0.05, 0.1) is 5.92 Å². The van der Waals surface area contributed by atoms with Crippen LogP contribution in [-0.4, -0.2) is 52.5 Å². The third-order valence-electron chi connectivity index (χ3n) is 3.77. The fourth-order valence-electron chi connectivity index (χ4n) is 2.83. The second-order valence-electron chi connectivity index (χ2n) is 6.38. The Labute approximate surface area is 125 Å². The van der Waals surface area contributed by atoms with Crippen molar-refractivity contribution in [1.29, 1.82) is 0 Å². The highest BCUT2D eigenvalue weighted by Crippen LogP contribution is 2.44. The number of rotatable bonds is 3. The minimum Gasteiger partial charge on any atom is -0.335 e. The SMILES string of the molecule is C[C@H](C[S@](C)=O)NC(=O)N1CC[C@@H](C(F)(F)F)C(C)(C)C1. The Morgan fingerprint density at radius 2 is 2.05 bits per heavy atom. The molecule has 0 radical (unpaired) electrons. The Bertz CT molecular complexity index is 413. The predicted octanol–water partition coefficient (Wildman–Crippen LogP) is 2.37. The summed E-state index contributed by atoms with van der Waals surface area (Å²) in [5.74, 6) is -1.07. The van der Waals surface area contributed by atoms with Crippen LogP contribution < -0.4 is 5.32 Å². The Kier molecular flexibility index (Phi) is 5.69. The van der Waals surface area contributed by atoms with Crippen molar-refractivity contribution < 1.29 is 22.2 Å². The molecule has 1 aliphatic rings. The summed E-state index contributed by atoms with van der Waals surface area (Å²) in [5.41, 5.74) is -1.01. The van der Waals surface area contributed by atoms with Gasteiger partial charge in [0.25, 0.3) is 0 Å². The number of piperidine rings is 1. The standard InChI is InChI=1S/C13H23F3N2O2S/c1-9(7-21(4)20)17-11(19)18-6-5-10(13(14,15)16)12(2,3)8-18/h9-10H,5-8H2,1-4H3,(H,17,19)/t9-,10-,21+/m1/s1. The maximum absolute atomic E-state index is 13.0. The van der Waals surface area contributed by atoms with Crippen LogP contribution in [0.2, 0.25) is 0 Å². The summed E-state index contributed by atoms with van der Waals surface area (Å²) in [7, 11) is -1.03. The average Bonchev–Trinajstić information content (AvgIpc) is 2.23. The highest BCUT2D eigenvalue weighted by Gasteiger charge is 2.51. The van der Waals surface area contributed by atoms with Gasteiger partial charge in [-0.15, -0.1) is 0 Å². The zero-order valence-electron chi connectivity index (χ0n) is 12.8. The summed E-state index contributed by atoms with van der Waals surface area (Å²) < 4.78 is 50.0. The fourth-order valence-corrected chi connectivity index (χ4v) is 3.62. The molecule has 8 heteroatoms. The summed E-state index contributed by atoms with van der Waals surface area (Å²) in [5, 5.41) is 2.68. The molecule has 1 aliphatic heterocycles. The van der Waals surface area contributed by atoms with E-state index in [-0.39, 0.29) is 31.6 Å².